The van der Waals surface area contributed by atoms with Gasteiger partial charge in [0.05, 0.1) is 18.1 Å². The van der Waals surface area contributed by atoms with Crippen molar-refractivity contribution in [1.29, 1.82) is 0 Å². The molecule has 9 heteroatoms. The van der Waals surface area contributed by atoms with Crippen molar-refractivity contribution in [2.24, 2.45) is 10.8 Å². The Kier molecular flexibility index (Phi) is 6.70. The monoisotopic (exact) mass is 418 g/mol. The Bertz CT molecular complexity index is 652. The Morgan fingerprint density at radius 1 is 1.07 bits per heavy atom. The summed E-state index contributed by atoms with van der Waals surface area (Å²) in [5, 5.41) is 62.0. The number of aliphatic hydroxyl groups is 6. The molecule has 0 aromatic carbocycles. The van der Waals surface area contributed by atoms with Crippen LogP contribution in [0.2, 0.25) is 0 Å². The van der Waals surface area contributed by atoms with E-state index in [9.17, 15) is 35.4 Å². The molecule has 1 aliphatic heterocycles. The first-order chi connectivity index (χ1) is 13.1. The van der Waals surface area contributed by atoms with Crippen molar-refractivity contribution < 1.29 is 44.9 Å². The first-order valence-electron chi connectivity index (χ1n) is 9.69. The van der Waals surface area contributed by atoms with E-state index in [1.165, 1.54) is 19.9 Å². The van der Waals surface area contributed by atoms with Crippen molar-refractivity contribution in [2.75, 3.05) is 6.61 Å². The standard InChI is InChI=1S/C20H34O9/c1-9(2)7-20(27)16(26)18(3,4)15(25)19(5,6)17(20)29-14-13(24)12(23)11(22)10(8-21)28-14/h7,10-15,17,21-25,27H,8H2,1-6H3/t10-,11-,12+,13-,14+,15?,17?,20?/m1/s1. The van der Waals surface area contributed by atoms with Gasteiger partial charge in [-0.15, -0.1) is 0 Å². The van der Waals surface area contributed by atoms with Gasteiger partial charge in [0.15, 0.2) is 17.7 Å². The highest BCUT2D eigenvalue weighted by atomic mass is 16.7. The molecule has 168 valence electrons. The third-order valence-corrected chi connectivity index (χ3v) is 6.04. The smallest absolute Gasteiger partial charge is 0.187 e. The van der Waals surface area contributed by atoms with Crippen LogP contribution in [-0.4, -0.2) is 91.5 Å². The minimum atomic E-state index is -2.15. The van der Waals surface area contributed by atoms with Crippen LogP contribution in [0.25, 0.3) is 0 Å². The topological polar surface area (TPSA) is 157 Å². The Labute approximate surface area is 170 Å². The van der Waals surface area contributed by atoms with Gasteiger partial charge in [0.25, 0.3) is 0 Å². The van der Waals surface area contributed by atoms with Crippen LogP contribution in [0.4, 0.5) is 0 Å². The fourth-order valence-corrected chi connectivity index (χ4v) is 4.57. The molecule has 8 atom stereocenters. The molecule has 1 heterocycles. The van der Waals surface area contributed by atoms with E-state index >= 15 is 0 Å². The van der Waals surface area contributed by atoms with E-state index in [2.05, 4.69) is 0 Å². The molecule has 2 rings (SSSR count). The van der Waals surface area contributed by atoms with Crippen molar-refractivity contribution in [2.45, 2.75) is 90.1 Å². The zero-order valence-corrected chi connectivity index (χ0v) is 17.7. The number of hydrogen-bond donors (Lipinski definition) is 6. The summed E-state index contributed by atoms with van der Waals surface area (Å²) < 4.78 is 11.2. The summed E-state index contributed by atoms with van der Waals surface area (Å²) in [4.78, 5) is 13.2. The maximum atomic E-state index is 13.2. The number of carbonyl (C=O) groups excluding carboxylic acids is 1. The van der Waals surface area contributed by atoms with Crippen LogP contribution in [0.3, 0.4) is 0 Å². The molecule has 9 nitrogen and oxygen atoms in total. The van der Waals surface area contributed by atoms with Crippen molar-refractivity contribution in [1.82, 2.24) is 0 Å². The molecule has 1 saturated carbocycles. The highest BCUT2D eigenvalue weighted by Crippen LogP contribution is 2.51. The molecule has 0 spiro atoms. The number of hydrogen-bond acceptors (Lipinski definition) is 9. The van der Waals surface area contributed by atoms with Crippen molar-refractivity contribution >= 4 is 5.78 Å². The van der Waals surface area contributed by atoms with Gasteiger partial charge in [-0.05, 0) is 19.9 Å². The predicted molar refractivity (Wildman–Crippen MR) is 102 cm³/mol. The van der Waals surface area contributed by atoms with Crippen molar-refractivity contribution in [3.05, 3.63) is 11.6 Å². The van der Waals surface area contributed by atoms with Crippen LogP contribution in [0, 0.1) is 10.8 Å². The van der Waals surface area contributed by atoms with E-state index in [0.29, 0.717) is 5.57 Å². The molecule has 29 heavy (non-hydrogen) atoms. The second-order valence-corrected chi connectivity index (χ2v) is 9.54. The van der Waals surface area contributed by atoms with Crippen LogP contribution < -0.4 is 0 Å². The third-order valence-electron chi connectivity index (χ3n) is 6.04. The van der Waals surface area contributed by atoms with Gasteiger partial charge in [-0.1, -0.05) is 33.3 Å². The molecule has 1 aliphatic carbocycles. The quantitative estimate of drug-likeness (QED) is 0.311. The zero-order valence-electron chi connectivity index (χ0n) is 17.7. The molecule has 0 bridgehead atoms. The van der Waals surface area contributed by atoms with Crippen LogP contribution in [0.5, 0.6) is 0 Å². The lowest BCUT2D eigenvalue weighted by Crippen LogP contribution is -2.72. The largest absolute Gasteiger partial charge is 0.394 e. The van der Waals surface area contributed by atoms with Gasteiger partial charge >= 0.3 is 0 Å². The maximum Gasteiger partial charge on any atom is 0.187 e. The van der Waals surface area contributed by atoms with E-state index in [4.69, 9.17) is 9.47 Å². The van der Waals surface area contributed by atoms with E-state index in [0.717, 1.165) is 0 Å². The van der Waals surface area contributed by atoms with Gasteiger partial charge in [-0.2, -0.15) is 0 Å². The zero-order chi connectivity index (χ0) is 22.5. The molecule has 0 radical (unpaired) electrons. The summed E-state index contributed by atoms with van der Waals surface area (Å²) in [5.74, 6) is -0.660. The molecular formula is C20H34O9. The first kappa shape index (κ1) is 24.4. The summed E-state index contributed by atoms with van der Waals surface area (Å²) in [6, 6.07) is 0. The van der Waals surface area contributed by atoms with E-state index in [1.54, 1.807) is 27.7 Å². The average molecular weight is 418 g/mol. The van der Waals surface area contributed by atoms with Gasteiger partial charge in [-0.25, -0.2) is 0 Å². The Balaban J connectivity index is 2.51. The van der Waals surface area contributed by atoms with Crippen LogP contribution in [0.15, 0.2) is 11.6 Å². The third kappa shape index (κ3) is 3.90. The number of ketones is 1. The van der Waals surface area contributed by atoms with Crippen molar-refractivity contribution in [3.8, 4) is 0 Å². The summed E-state index contributed by atoms with van der Waals surface area (Å²) in [5.41, 5.74) is -3.99. The van der Waals surface area contributed by atoms with Crippen LogP contribution in [-0.2, 0) is 14.3 Å². The SMILES string of the molecule is CC(C)=CC1(O)C(=O)C(C)(C)C(O)C(C)(C)C1O[C@@H]1O[C@H](CO)[C@@H](O)[C@H](O)[C@H]1O. The van der Waals surface area contributed by atoms with Gasteiger partial charge in [-0.3, -0.25) is 4.79 Å². The second kappa shape index (κ2) is 7.97. The van der Waals surface area contributed by atoms with E-state index < -0.39 is 71.7 Å². The summed E-state index contributed by atoms with van der Waals surface area (Å²) in [7, 11) is 0. The molecule has 1 saturated heterocycles. The molecule has 6 N–H and O–H groups in total. The maximum absolute atomic E-state index is 13.2. The number of allylic oxidation sites excluding steroid dienone is 1. The van der Waals surface area contributed by atoms with Crippen LogP contribution in [0.1, 0.15) is 41.5 Å². The number of aliphatic hydroxyl groups excluding tert-OH is 5. The van der Waals surface area contributed by atoms with E-state index in [1.807, 2.05) is 0 Å². The minimum absolute atomic E-state index is 0.631. The van der Waals surface area contributed by atoms with Gasteiger partial charge in [0, 0.05) is 5.41 Å². The fraction of sp³-hybridized carbons (Fsp3) is 0.850. The molecule has 0 aromatic rings. The normalized spacial score (nSPS) is 44.4. The molecule has 3 unspecified atom stereocenters. The second-order valence-electron chi connectivity index (χ2n) is 9.54. The molecular weight excluding hydrogens is 384 g/mol. The average Bonchev–Trinajstić information content (AvgIpc) is 2.62. The summed E-state index contributed by atoms with van der Waals surface area (Å²) in [6.07, 6.45) is -8.94. The lowest BCUT2D eigenvalue weighted by Gasteiger charge is -2.56. The van der Waals surface area contributed by atoms with E-state index in [-0.39, 0.29) is 0 Å². The van der Waals surface area contributed by atoms with Gasteiger partial charge < -0.3 is 40.1 Å². The number of ether oxygens (including phenoxy) is 2. The van der Waals surface area contributed by atoms with Gasteiger partial charge in [0.1, 0.15) is 30.5 Å². The highest BCUT2D eigenvalue weighted by Gasteiger charge is 2.66. The molecule has 0 aromatic heterocycles. The highest BCUT2D eigenvalue weighted by molar-refractivity contribution is 5.96. The number of Topliss-reactive ketones (excluding diaryl/α,β-unsaturated/α-hetero) is 1. The predicted octanol–water partition coefficient (Wildman–Crippen LogP) is -1.14. The summed E-state index contributed by atoms with van der Waals surface area (Å²) in [6.45, 7) is 9.05. The summed E-state index contributed by atoms with van der Waals surface area (Å²) >= 11 is 0. The molecule has 0 amide bonds. The molecule has 2 fully saturated rings. The van der Waals surface area contributed by atoms with Crippen molar-refractivity contribution in [3.63, 3.8) is 0 Å². The molecule has 2 aliphatic rings. The number of rotatable bonds is 4. The lowest BCUT2D eigenvalue weighted by molar-refractivity contribution is -0.338. The Morgan fingerprint density at radius 3 is 2.10 bits per heavy atom. The minimum Gasteiger partial charge on any atom is -0.394 e. The first-order valence-corrected chi connectivity index (χ1v) is 9.69. The Hall–Kier alpha value is -0.910. The lowest BCUT2D eigenvalue weighted by atomic mass is 9.55. The van der Waals surface area contributed by atoms with Crippen LogP contribution >= 0.6 is 0 Å². The Morgan fingerprint density at radius 2 is 1.62 bits per heavy atom. The fourth-order valence-electron chi connectivity index (χ4n) is 4.57. The van der Waals surface area contributed by atoms with Gasteiger partial charge in [0.2, 0.25) is 0 Å². The number of carbonyl (C=O) groups is 1.